The number of nitrogens with one attached hydrogen (secondary N) is 1. The number of hydrogen-bond acceptors (Lipinski definition) is 5. The number of H-pyrrole nitrogens is 1. The van der Waals surface area contributed by atoms with Gasteiger partial charge in [0.1, 0.15) is 17.3 Å². The largest absolute Gasteiger partial charge is 0.497 e. The second-order valence-electron chi connectivity index (χ2n) is 4.39. The predicted molar refractivity (Wildman–Crippen MR) is 80.6 cm³/mol. The summed E-state index contributed by atoms with van der Waals surface area (Å²) in [4.78, 5) is 25.2. The molecule has 0 aliphatic carbocycles. The molecule has 0 aliphatic rings. The zero-order chi connectivity index (χ0) is 16.3. The Bertz CT molecular complexity index is 711. The number of nitrogens with two attached hydrogens (primary N) is 2. The minimum absolute atomic E-state index is 0.0921. The number of hydrazine groups is 1. The topological polar surface area (TPSA) is 124 Å². The number of rotatable bonds is 6. The van der Waals surface area contributed by atoms with Crippen LogP contribution in [-0.4, -0.2) is 31.5 Å². The molecule has 8 heteroatoms. The SMILES string of the molecule is COc1ccc(OC)c(-c2cc(C(N)=O)c(N(N)C=O)[nH]2)c1. The van der Waals surface area contributed by atoms with Gasteiger partial charge in [-0.2, -0.15) is 0 Å². The summed E-state index contributed by atoms with van der Waals surface area (Å²) in [6, 6.07) is 6.68. The number of aromatic amines is 1. The number of amides is 2. The lowest BCUT2D eigenvalue weighted by molar-refractivity contribution is -0.107. The minimum atomic E-state index is -0.711. The van der Waals surface area contributed by atoms with E-state index in [-0.39, 0.29) is 11.4 Å². The van der Waals surface area contributed by atoms with Gasteiger partial charge in [-0.1, -0.05) is 0 Å². The van der Waals surface area contributed by atoms with Gasteiger partial charge >= 0.3 is 0 Å². The third kappa shape index (κ3) is 2.72. The van der Waals surface area contributed by atoms with Gasteiger partial charge in [-0.15, -0.1) is 0 Å². The van der Waals surface area contributed by atoms with Crippen molar-refractivity contribution in [2.75, 3.05) is 19.2 Å². The van der Waals surface area contributed by atoms with Crippen molar-refractivity contribution in [2.45, 2.75) is 0 Å². The molecule has 0 radical (unpaired) electrons. The Morgan fingerprint density at radius 1 is 1.27 bits per heavy atom. The van der Waals surface area contributed by atoms with Crippen molar-refractivity contribution in [3.63, 3.8) is 0 Å². The van der Waals surface area contributed by atoms with E-state index in [1.54, 1.807) is 18.2 Å². The summed E-state index contributed by atoms with van der Waals surface area (Å²) in [5.41, 5.74) is 6.55. The van der Waals surface area contributed by atoms with Gasteiger partial charge in [-0.05, 0) is 24.3 Å². The summed E-state index contributed by atoms with van der Waals surface area (Å²) in [5, 5.41) is 0.746. The Morgan fingerprint density at radius 3 is 2.55 bits per heavy atom. The minimum Gasteiger partial charge on any atom is -0.497 e. The van der Waals surface area contributed by atoms with Gasteiger partial charge in [-0.3, -0.25) is 9.59 Å². The van der Waals surface area contributed by atoms with Crippen molar-refractivity contribution in [1.29, 1.82) is 0 Å². The van der Waals surface area contributed by atoms with Crippen molar-refractivity contribution >= 4 is 18.1 Å². The molecule has 0 bridgehead atoms. The number of primary amides is 1. The summed E-state index contributed by atoms with van der Waals surface area (Å²) in [7, 11) is 3.05. The van der Waals surface area contributed by atoms with Crippen LogP contribution in [0.15, 0.2) is 24.3 Å². The van der Waals surface area contributed by atoms with Crippen LogP contribution in [0.4, 0.5) is 5.82 Å². The average molecular weight is 304 g/mol. The molecular weight excluding hydrogens is 288 g/mol. The standard InChI is InChI=1S/C14H16N4O4/c1-21-8-3-4-12(22-2)9(5-8)11-6-10(13(15)20)14(17-11)18(16)7-19/h3-7,17H,16H2,1-2H3,(H2,15,20). The van der Waals surface area contributed by atoms with Crippen molar-refractivity contribution in [1.82, 2.24) is 4.98 Å². The van der Waals surface area contributed by atoms with Gasteiger partial charge in [0.25, 0.3) is 5.91 Å². The van der Waals surface area contributed by atoms with Crippen LogP contribution in [0.2, 0.25) is 0 Å². The number of benzene rings is 1. The van der Waals surface area contributed by atoms with E-state index in [0.29, 0.717) is 29.2 Å². The van der Waals surface area contributed by atoms with Crippen LogP contribution >= 0.6 is 0 Å². The molecule has 0 aliphatic heterocycles. The Balaban J connectivity index is 2.62. The summed E-state index contributed by atoms with van der Waals surface area (Å²) >= 11 is 0. The fraction of sp³-hybridized carbons (Fsp3) is 0.143. The van der Waals surface area contributed by atoms with E-state index in [1.165, 1.54) is 20.3 Å². The summed E-state index contributed by atoms with van der Waals surface area (Å²) in [6.07, 6.45) is 0.366. The van der Waals surface area contributed by atoms with Crippen LogP contribution in [0.1, 0.15) is 10.4 Å². The summed E-state index contributed by atoms with van der Waals surface area (Å²) in [6.45, 7) is 0. The van der Waals surface area contributed by atoms with E-state index in [0.717, 1.165) is 5.01 Å². The molecule has 8 nitrogen and oxygen atoms in total. The Morgan fingerprint density at radius 2 is 2.00 bits per heavy atom. The summed E-state index contributed by atoms with van der Waals surface area (Å²) in [5.74, 6) is 6.07. The first-order valence-electron chi connectivity index (χ1n) is 6.26. The predicted octanol–water partition coefficient (Wildman–Crippen LogP) is 0.634. The van der Waals surface area contributed by atoms with E-state index in [4.69, 9.17) is 21.1 Å². The lowest BCUT2D eigenvalue weighted by Gasteiger charge is -2.10. The molecule has 1 aromatic carbocycles. The lowest BCUT2D eigenvalue weighted by Crippen LogP contribution is -2.31. The summed E-state index contributed by atoms with van der Waals surface area (Å²) < 4.78 is 10.5. The highest BCUT2D eigenvalue weighted by molar-refractivity contribution is 6.01. The number of aromatic nitrogens is 1. The molecule has 22 heavy (non-hydrogen) atoms. The van der Waals surface area contributed by atoms with Crippen molar-refractivity contribution in [2.24, 2.45) is 11.6 Å². The van der Waals surface area contributed by atoms with E-state index in [2.05, 4.69) is 4.98 Å². The van der Waals surface area contributed by atoms with Crippen molar-refractivity contribution in [3.05, 3.63) is 29.8 Å². The van der Waals surface area contributed by atoms with Crippen LogP contribution in [0.5, 0.6) is 11.5 Å². The molecule has 0 fully saturated rings. The molecule has 0 atom stereocenters. The van der Waals surface area contributed by atoms with Crippen LogP contribution < -0.4 is 26.1 Å². The zero-order valence-electron chi connectivity index (χ0n) is 12.1. The fourth-order valence-electron chi connectivity index (χ4n) is 2.06. The third-order valence-corrected chi connectivity index (χ3v) is 3.13. The Labute approximate surface area is 126 Å². The second kappa shape index (κ2) is 6.19. The van der Waals surface area contributed by atoms with Gasteiger partial charge in [0.2, 0.25) is 6.41 Å². The lowest BCUT2D eigenvalue weighted by atomic mass is 10.1. The molecule has 116 valence electrons. The molecule has 2 amide bonds. The van der Waals surface area contributed by atoms with Gasteiger partial charge in [0.05, 0.1) is 25.5 Å². The number of nitrogens with zero attached hydrogens (tertiary/aromatic N) is 1. The van der Waals surface area contributed by atoms with E-state index in [9.17, 15) is 9.59 Å². The van der Waals surface area contributed by atoms with Crippen LogP contribution in [0.25, 0.3) is 11.3 Å². The molecule has 2 rings (SSSR count). The molecular formula is C14H16N4O4. The van der Waals surface area contributed by atoms with Gasteiger partial charge in [0, 0.05) is 5.56 Å². The molecule has 0 saturated carbocycles. The normalized spacial score (nSPS) is 10.1. The van der Waals surface area contributed by atoms with Crippen molar-refractivity contribution in [3.8, 4) is 22.8 Å². The molecule has 2 aromatic rings. The second-order valence-corrected chi connectivity index (χ2v) is 4.39. The Kier molecular flexibility index (Phi) is 4.33. The van der Waals surface area contributed by atoms with E-state index in [1.807, 2.05) is 0 Å². The number of ether oxygens (including phenoxy) is 2. The van der Waals surface area contributed by atoms with Gasteiger partial charge < -0.3 is 20.2 Å². The van der Waals surface area contributed by atoms with Gasteiger partial charge in [-0.25, -0.2) is 10.9 Å². The monoisotopic (exact) mass is 304 g/mol. The first kappa shape index (κ1) is 15.4. The average Bonchev–Trinajstić information content (AvgIpc) is 2.98. The Hall–Kier alpha value is -3.00. The molecule has 0 saturated heterocycles. The molecule has 0 spiro atoms. The third-order valence-electron chi connectivity index (χ3n) is 3.13. The van der Waals surface area contributed by atoms with Gasteiger partial charge in [0.15, 0.2) is 0 Å². The maximum atomic E-state index is 11.5. The number of carbonyl (C=O) groups excluding carboxylic acids is 2. The quantitative estimate of drug-likeness (QED) is 0.312. The highest BCUT2D eigenvalue weighted by atomic mass is 16.5. The van der Waals surface area contributed by atoms with E-state index >= 15 is 0 Å². The zero-order valence-corrected chi connectivity index (χ0v) is 12.1. The number of anilines is 1. The molecule has 5 N–H and O–H groups in total. The first-order chi connectivity index (χ1) is 10.5. The molecule has 1 heterocycles. The first-order valence-corrected chi connectivity index (χ1v) is 6.26. The highest BCUT2D eigenvalue weighted by Crippen LogP contribution is 2.35. The molecule has 0 unspecified atom stereocenters. The number of methoxy groups -OCH3 is 2. The van der Waals surface area contributed by atoms with Crippen LogP contribution in [-0.2, 0) is 4.79 Å². The fourth-order valence-corrected chi connectivity index (χ4v) is 2.06. The molecule has 1 aromatic heterocycles. The van der Waals surface area contributed by atoms with Crippen molar-refractivity contribution < 1.29 is 19.1 Å². The maximum absolute atomic E-state index is 11.5. The number of hydrogen-bond donors (Lipinski definition) is 3. The van der Waals surface area contributed by atoms with E-state index < -0.39 is 5.91 Å². The van der Waals surface area contributed by atoms with Crippen LogP contribution in [0.3, 0.4) is 0 Å². The smallest absolute Gasteiger partial charge is 0.252 e. The number of carbonyl (C=O) groups is 2. The maximum Gasteiger partial charge on any atom is 0.252 e. The highest BCUT2D eigenvalue weighted by Gasteiger charge is 2.19. The van der Waals surface area contributed by atoms with Crippen LogP contribution in [0, 0.1) is 0 Å².